The Labute approximate surface area is 422 Å². The number of aliphatic hydroxyl groups excluding tert-OH is 2. The molecule has 0 aromatic rings. The van der Waals surface area contributed by atoms with E-state index in [1.165, 1.54) is 161 Å². The van der Waals surface area contributed by atoms with Crippen LogP contribution < -0.4 is 5.32 Å². The molecule has 0 radical (unpaired) electrons. The van der Waals surface area contributed by atoms with E-state index >= 15 is 0 Å². The van der Waals surface area contributed by atoms with E-state index in [9.17, 15) is 19.8 Å². The van der Waals surface area contributed by atoms with E-state index in [1.54, 1.807) is 0 Å². The van der Waals surface area contributed by atoms with Crippen molar-refractivity contribution in [3.8, 4) is 0 Å². The maximum atomic E-state index is 13.3. The zero-order chi connectivity index (χ0) is 49.5. The highest BCUT2D eigenvalue weighted by molar-refractivity contribution is 5.77. The number of nitrogens with one attached hydrogen (secondary N) is 1. The Morgan fingerprint density at radius 2 is 0.794 bits per heavy atom. The van der Waals surface area contributed by atoms with Crippen molar-refractivity contribution < 1.29 is 24.5 Å². The van der Waals surface area contributed by atoms with Crippen LogP contribution >= 0.6 is 0 Å². The number of amides is 1. The van der Waals surface area contributed by atoms with Gasteiger partial charge in [0.15, 0.2) is 0 Å². The van der Waals surface area contributed by atoms with Crippen LogP contribution in [0.2, 0.25) is 0 Å². The molecule has 1 amide bonds. The molecule has 0 aromatic heterocycles. The van der Waals surface area contributed by atoms with Gasteiger partial charge in [0.1, 0.15) is 6.10 Å². The Morgan fingerprint density at radius 1 is 0.441 bits per heavy atom. The SMILES string of the molecule is CC/C=C\C/C=C\C/C=C\C/C=C\C/C=C\CCCCCC(=O)OC(CCCCCCCCCCCCCCCCCCC)CC(=O)NC(CO)C(O)CCCCCCCCCCCCCCC. The predicted octanol–water partition coefficient (Wildman–Crippen LogP) is 18.4. The van der Waals surface area contributed by atoms with Crippen molar-refractivity contribution in [2.45, 2.75) is 315 Å². The molecule has 6 nitrogen and oxygen atoms in total. The van der Waals surface area contributed by atoms with Gasteiger partial charge in [0.05, 0.1) is 25.2 Å². The van der Waals surface area contributed by atoms with E-state index in [4.69, 9.17) is 4.74 Å². The van der Waals surface area contributed by atoms with Crippen LogP contribution in [-0.2, 0) is 14.3 Å². The van der Waals surface area contributed by atoms with Crippen molar-refractivity contribution in [1.29, 1.82) is 0 Å². The lowest BCUT2D eigenvalue weighted by Crippen LogP contribution is -2.46. The number of hydrogen-bond acceptors (Lipinski definition) is 5. The summed E-state index contributed by atoms with van der Waals surface area (Å²) < 4.78 is 5.96. The van der Waals surface area contributed by atoms with Crippen molar-refractivity contribution >= 4 is 11.9 Å². The van der Waals surface area contributed by atoms with E-state index in [2.05, 4.69) is 86.8 Å². The minimum atomic E-state index is -0.794. The smallest absolute Gasteiger partial charge is 0.306 e. The van der Waals surface area contributed by atoms with Crippen LogP contribution in [0.15, 0.2) is 60.8 Å². The number of allylic oxidation sites excluding steroid dienone is 10. The van der Waals surface area contributed by atoms with E-state index in [-0.39, 0.29) is 24.9 Å². The van der Waals surface area contributed by atoms with Crippen LogP contribution in [0, 0.1) is 0 Å². The zero-order valence-electron chi connectivity index (χ0n) is 45.2. The van der Waals surface area contributed by atoms with E-state index in [0.29, 0.717) is 19.3 Å². The van der Waals surface area contributed by atoms with Crippen LogP contribution in [0.3, 0.4) is 0 Å². The summed E-state index contributed by atoms with van der Waals surface area (Å²) in [7, 11) is 0. The fourth-order valence-electron chi connectivity index (χ4n) is 8.93. The zero-order valence-corrected chi connectivity index (χ0v) is 45.2. The lowest BCUT2D eigenvalue weighted by molar-refractivity contribution is -0.151. The van der Waals surface area contributed by atoms with E-state index < -0.39 is 18.2 Å². The highest BCUT2D eigenvalue weighted by Gasteiger charge is 2.24. The van der Waals surface area contributed by atoms with Gasteiger partial charge in [-0.15, -0.1) is 0 Å². The van der Waals surface area contributed by atoms with Crippen molar-refractivity contribution in [2.24, 2.45) is 0 Å². The van der Waals surface area contributed by atoms with Crippen molar-refractivity contribution in [1.82, 2.24) is 5.32 Å². The molecular weight excluding hydrogens is 839 g/mol. The van der Waals surface area contributed by atoms with Gasteiger partial charge < -0.3 is 20.3 Å². The third-order valence-corrected chi connectivity index (χ3v) is 13.4. The first kappa shape index (κ1) is 65.6. The lowest BCUT2D eigenvalue weighted by Gasteiger charge is -2.24. The molecule has 0 bridgehead atoms. The van der Waals surface area contributed by atoms with Gasteiger partial charge in [0, 0.05) is 6.42 Å². The Hall–Kier alpha value is -2.44. The van der Waals surface area contributed by atoms with Crippen LogP contribution in [0.25, 0.3) is 0 Å². The van der Waals surface area contributed by atoms with Gasteiger partial charge in [-0.05, 0) is 70.6 Å². The van der Waals surface area contributed by atoms with Gasteiger partial charge in [0.2, 0.25) is 5.91 Å². The summed E-state index contributed by atoms with van der Waals surface area (Å²) in [6, 6.07) is -0.709. The van der Waals surface area contributed by atoms with Crippen LogP contribution in [0.1, 0.15) is 297 Å². The van der Waals surface area contributed by atoms with Crippen molar-refractivity contribution in [2.75, 3.05) is 6.61 Å². The van der Waals surface area contributed by atoms with Gasteiger partial charge in [0.25, 0.3) is 0 Å². The molecule has 0 heterocycles. The summed E-state index contributed by atoms with van der Waals surface area (Å²) in [4.78, 5) is 26.3. The van der Waals surface area contributed by atoms with E-state index in [1.807, 2.05) is 0 Å². The number of carbonyl (C=O) groups excluding carboxylic acids is 2. The standard InChI is InChI=1S/C62H113NO5/c1-4-7-10-13-16-19-22-25-27-29-30-32-34-37-40-43-46-49-52-55-62(67)68-58(53-50-47-44-41-38-36-33-31-28-26-23-20-17-14-11-8-5-2)56-61(66)63-59(57-64)60(65)54-51-48-45-42-39-35-24-21-18-15-12-9-6-3/h7,10,16,19,25,27,30,32,37,40,58-60,64-65H,4-6,8-9,11-15,17-18,20-24,26,28-29,31,33-36,38-39,41-57H2,1-3H3,(H,63,66)/b10-7-,19-16-,27-25-,32-30-,40-37-. The van der Waals surface area contributed by atoms with Gasteiger partial charge in [-0.3, -0.25) is 9.59 Å². The van der Waals surface area contributed by atoms with E-state index in [0.717, 1.165) is 89.9 Å². The van der Waals surface area contributed by atoms with Crippen LogP contribution in [0.4, 0.5) is 0 Å². The van der Waals surface area contributed by atoms with Gasteiger partial charge in [-0.25, -0.2) is 0 Å². The summed E-state index contributed by atoms with van der Waals surface area (Å²) >= 11 is 0. The molecule has 0 aromatic carbocycles. The molecule has 0 saturated carbocycles. The molecule has 0 aliphatic rings. The third kappa shape index (κ3) is 50.0. The summed E-state index contributed by atoms with van der Waals surface area (Å²) in [5, 5.41) is 23.9. The molecule has 0 rings (SSSR count). The molecule has 396 valence electrons. The van der Waals surface area contributed by atoms with Gasteiger partial charge in [-0.1, -0.05) is 274 Å². The monoisotopic (exact) mass is 952 g/mol. The fraction of sp³-hybridized carbons (Fsp3) is 0.806. The summed E-state index contributed by atoms with van der Waals surface area (Å²) in [5.74, 6) is -0.499. The second kappa shape index (κ2) is 55.5. The molecule has 0 fully saturated rings. The molecule has 3 N–H and O–H groups in total. The molecule has 3 atom stereocenters. The molecule has 0 aliphatic heterocycles. The number of carbonyl (C=O) groups is 2. The lowest BCUT2D eigenvalue weighted by atomic mass is 10.0. The number of esters is 1. The number of hydrogen-bond donors (Lipinski definition) is 3. The minimum absolute atomic E-state index is 0.0661. The molecule has 0 aliphatic carbocycles. The largest absolute Gasteiger partial charge is 0.462 e. The Morgan fingerprint density at radius 3 is 1.19 bits per heavy atom. The quantitative estimate of drug-likeness (QED) is 0.0321. The van der Waals surface area contributed by atoms with Gasteiger partial charge in [-0.2, -0.15) is 0 Å². The third-order valence-electron chi connectivity index (χ3n) is 13.4. The second-order valence-electron chi connectivity index (χ2n) is 20.0. The van der Waals surface area contributed by atoms with Crippen molar-refractivity contribution in [3.05, 3.63) is 60.8 Å². The highest BCUT2D eigenvalue weighted by Crippen LogP contribution is 2.19. The normalized spacial score (nSPS) is 13.5. The number of ether oxygens (including phenoxy) is 1. The number of unbranched alkanes of at least 4 members (excludes halogenated alkanes) is 31. The summed E-state index contributed by atoms with van der Waals surface area (Å²) in [6.45, 7) is 6.39. The maximum absolute atomic E-state index is 13.3. The molecule has 68 heavy (non-hydrogen) atoms. The Bertz CT molecular complexity index is 1210. The first-order valence-corrected chi connectivity index (χ1v) is 29.5. The molecule has 0 spiro atoms. The minimum Gasteiger partial charge on any atom is -0.462 e. The fourth-order valence-corrected chi connectivity index (χ4v) is 8.93. The van der Waals surface area contributed by atoms with Gasteiger partial charge >= 0.3 is 5.97 Å². The maximum Gasteiger partial charge on any atom is 0.306 e. The average molecular weight is 953 g/mol. The topological polar surface area (TPSA) is 95.9 Å². The van der Waals surface area contributed by atoms with Crippen LogP contribution in [-0.4, -0.2) is 46.9 Å². The first-order valence-electron chi connectivity index (χ1n) is 29.5. The summed E-state index contributed by atoms with van der Waals surface area (Å²) in [5.41, 5.74) is 0. The molecule has 3 unspecified atom stereocenters. The highest BCUT2D eigenvalue weighted by atomic mass is 16.5. The van der Waals surface area contributed by atoms with Crippen LogP contribution in [0.5, 0.6) is 0 Å². The number of rotatable bonds is 53. The predicted molar refractivity (Wildman–Crippen MR) is 296 cm³/mol. The second-order valence-corrected chi connectivity index (χ2v) is 20.0. The molecule has 6 heteroatoms. The average Bonchev–Trinajstić information content (AvgIpc) is 3.33. The Kier molecular flexibility index (Phi) is 53.5. The first-order chi connectivity index (χ1) is 33.5. The Balaban J connectivity index is 4.61. The molecule has 0 saturated heterocycles. The number of aliphatic hydroxyl groups is 2. The summed E-state index contributed by atoms with van der Waals surface area (Å²) in [6.07, 6.45) is 70.0. The van der Waals surface area contributed by atoms with Crippen molar-refractivity contribution in [3.63, 3.8) is 0 Å². The molecular formula is C62H113NO5.